The fraction of sp³-hybridized carbons (Fsp3) is 0.500. The summed E-state index contributed by atoms with van der Waals surface area (Å²) in [5.74, 6) is 0.0894. The van der Waals surface area contributed by atoms with Crippen LogP contribution in [0.2, 0.25) is 0 Å². The molecule has 1 unspecified atom stereocenters. The van der Waals surface area contributed by atoms with E-state index in [9.17, 15) is 13.5 Å². The van der Waals surface area contributed by atoms with Crippen molar-refractivity contribution in [3.8, 4) is 5.75 Å². The van der Waals surface area contributed by atoms with E-state index in [0.29, 0.717) is 24.3 Å². The van der Waals surface area contributed by atoms with Crippen molar-refractivity contribution in [3.63, 3.8) is 0 Å². The predicted molar refractivity (Wildman–Crippen MR) is 67.5 cm³/mol. The van der Waals surface area contributed by atoms with Gasteiger partial charge >= 0.3 is 0 Å². The van der Waals surface area contributed by atoms with E-state index < -0.39 is 9.84 Å². The number of phenolic OH excluding ortho intramolecular Hbond substituents is 1. The van der Waals surface area contributed by atoms with E-state index in [1.807, 2.05) is 0 Å². The van der Waals surface area contributed by atoms with Crippen LogP contribution in [0.25, 0.3) is 0 Å². The number of aromatic hydroxyl groups is 1. The van der Waals surface area contributed by atoms with Gasteiger partial charge in [-0.2, -0.15) is 0 Å². The largest absolute Gasteiger partial charge is 0.508 e. The first-order valence-corrected chi connectivity index (χ1v) is 7.64. The minimum Gasteiger partial charge on any atom is -0.508 e. The summed E-state index contributed by atoms with van der Waals surface area (Å²) >= 11 is 0. The summed E-state index contributed by atoms with van der Waals surface area (Å²) < 4.78 is 29.2. The Morgan fingerprint density at radius 3 is 2.72 bits per heavy atom. The molecule has 18 heavy (non-hydrogen) atoms. The van der Waals surface area contributed by atoms with E-state index >= 15 is 0 Å². The third-order valence-electron chi connectivity index (χ3n) is 3.00. The Bertz CT molecular complexity index is 547. The summed E-state index contributed by atoms with van der Waals surface area (Å²) in [6.45, 7) is 3.50. The first kappa shape index (κ1) is 13.3. The minimum absolute atomic E-state index is 0.0894. The second kappa shape index (κ2) is 4.87. The summed E-state index contributed by atoms with van der Waals surface area (Å²) in [6, 6.07) is 2.99. The highest BCUT2D eigenvalue weighted by molar-refractivity contribution is 7.90. The van der Waals surface area contributed by atoms with Crippen molar-refractivity contribution in [2.24, 2.45) is 0 Å². The van der Waals surface area contributed by atoms with E-state index in [1.165, 1.54) is 18.4 Å². The zero-order chi connectivity index (χ0) is 13.3. The van der Waals surface area contributed by atoms with Gasteiger partial charge in [0.25, 0.3) is 0 Å². The number of ether oxygens (including phenoxy) is 1. The van der Waals surface area contributed by atoms with Crippen LogP contribution in [0.15, 0.2) is 17.0 Å². The van der Waals surface area contributed by atoms with Crippen molar-refractivity contribution in [1.29, 1.82) is 0 Å². The first-order valence-electron chi connectivity index (χ1n) is 5.75. The first-order chi connectivity index (χ1) is 8.39. The van der Waals surface area contributed by atoms with E-state index in [2.05, 4.69) is 5.32 Å². The highest BCUT2D eigenvalue weighted by Gasteiger charge is 2.24. The van der Waals surface area contributed by atoms with E-state index in [0.717, 1.165) is 6.54 Å². The van der Waals surface area contributed by atoms with Crippen LogP contribution < -0.4 is 5.32 Å². The Morgan fingerprint density at radius 1 is 1.44 bits per heavy atom. The Labute approximate surface area is 107 Å². The van der Waals surface area contributed by atoms with Crippen molar-refractivity contribution in [2.75, 3.05) is 26.0 Å². The maximum atomic E-state index is 11.8. The highest BCUT2D eigenvalue weighted by atomic mass is 32.2. The van der Waals surface area contributed by atoms with Gasteiger partial charge < -0.3 is 15.2 Å². The number of aryl methyl sites for hydroxylation is 1. The molecule has 1 saturated heterocycles. The predicted octanol–water partition coefficient (Wildman–Crippen LogP) is 0.765. The Morgan fingerprint density at radius 2 is 2.17 bits per heavy atom. The van der Waals surface area contributed by atoms with Crippen LogP contribution in [0, 0.1) is 6.92 Å². The molecule has 0 aromatic heterocycles. The number of hydrogen-bond donors (Lipinski definition) is 2. The van der Waals surface area contributed by atoms with Gasteiger partial charge in [-0.1, -0.05) is 0 Å². The molecule has 0 aliphatic carbocycles. The fourth-order valence-corrected chi connectivity index (χ4v) is 3.03. The lowest BCUT2D eigenvalue weighted by Gasteiger charge is -2.25. The van der Waals surface area contributed by atoms with Gasteiger partial charge in [-0.25, -0.2) is 8.42 Å². The molecule has 5 nitrogen and oxygen atoms in total. The van der Waals surface area contributed by atoms with Crippen molar-refractivity contribution < 1.29 is 18.3 Å². The molecule has 2 N–H and O–H groups in total. The van der Waals surface area contributed by atoms with Crippen LogP contribution in [-0.4, -0.2) is 39.5 Å². The number of hydrogen-bond acceptors (Lipinski definition) is 5. The lowest BCUT2D eigenvalue weighted by Crippen LogP contribution is -2.34. The number of rotatable bonds is 2. The molecule has 0 radical (unpaired) electrons. The van der Waals surface area contributed by atoms with Gasteiger partial charge in [0.1, 0.15) is 5.75 Å². The van der Waals surface area contributed by atoms with E-state index in [-0.39, 0.29) is 16.7 Å². The van der Waals surface area contributed by atoms with Crippen LogP contribution in [0.4, 0.5) is 0 Å². The molecular weight excluding hydrogens is 254 g/mol. The van der Waals surface area contributed by atoms with Crippen LogP contribution in [-0.2, 0) is 14.6 Å². The molecule has 1 aromatic carbocycles. The summed E-state index contributed by atoms with van der Waals surface area (Å²) in [4.78, 5) is 0.228. The normalized spacial score (nSPS) is 20.9. The fourth-order valence-electron chi connectivity index (χ4n) is 2.02. The third-order valence-corrected chi connectivity index (χ3v) is 4.15. The maximum absolute atomic E-state index is 11.8. The molecule has 100 valence electrons. The van der Waals surface area contributed by atoms with Gasteiger partial charge in [0.05, 0.1) is 17.6 Å². The Kier molecular flexibility index (Phi) is 3.61. The number of benzene rings is 1. The average Bonchev–Trinajstić information content (AvgIpc) is 2.32. The van der Waals surface area contributed by atoms with Gasteiger partial charge in [-0.3, -0.25) is 0 Å². The third kappa shape index (κ3) is 2.66. The van der Waals surface area contributed by atoms with Crippen molar-refractivity contribution in [1.82, 2.24) is 5.32 Å². The SMILES string of the molecule is Cc1cc(S(C)(=O)=O)c(C2CNCCO2)cc1O. The highest BCUT2D eigenvalue weighted by Crippen LogP contribution is 2.31. The summed E-state index contributed by atoms with van der Waals surface area (Å²) in [7, 11) is -3.34. The van der Waals surface area contributed by atoms with Gasteiger partial charge in [0, 0.05) is 24.9 Å². The summed E-state index contributed by atoms with van der Waals surface area (Å²) in [6.07, 6.45) is 0.827. The standard InChI is InChI=1S/C12H17NO4S/c1-8-5-12(18(2,15)16)9(6-10(8)14)11-7-13-3-4-17-11/h5-6,11,13-14H,3-4,7H2,1-2H3. The van der Waals surface area contributed by atoms with E-state index in [4.69, 9.17) is 4.74 Å². The molecule has 1 fully saturated rings. The van der Waals surface area contributed by atoms with Crippen LogP contribution in [0.3, 0.4) is 0 Å². The molecule has 6 heteroatoms. The zero-order valence-electron chi connectivity index (χ0n) is 10.4. The van der Waals surface area contributed by atoms with Crippen molar-refractivity contribution in [2.45, 2.75) is 17.9 Å². The monoisotopic (exact) mass is 271 g/mol. The molecule has 1 aliphatic heterocycles. The van der Waals surface area contributed by atoms with Gasteiger partial charge in [-0.15, -0.1) is 0 Å². The molecule has 1 aromatic rings. The van der Waals surface area contributed by atoms with Crippen LogP contribution in [0.5, 0.6) is 5.75 Å². The average molecular weight is 271 g/mol. The second-order valence-electron chi connectivity index (χ2n) is 4.51. The molecule has 2 rings (SSSR count). The smallest absolute Gasteiger partial charge is 0.175 e. The number of morpholine rings is 1. The lowest BCUT2D eigenvalue weighted by atomic mass is 10.1. The molecule has 1 heterocycles. The number of phenols is 1. The lowest BCUT2D eigenvalue weighted by molar-refractivity contribution is 0.0258. The van der Waals surface area contributed by atoms with Gasteiger partial charge in [-0.05, 0) is 24.6 Å². The maximum Gasteiger partial charge on any atom is 0.175 e. The van der Waals surface area contributed by atoms with Crippen LogP contribution in [0.1, 0.15) is 17.2 Å². The van der Waals surface area contributed by atoms with E-state index in [1.54, 1.807) is 6.92 Å². The molecule has 0 saturated carbocycles. The molecule has 0 amide bonds. The van der Waals surface area contributed by atoms with Crippen molar-refractivity contribution in [3.05, 3.63) is 23.3 Å². The summed E-state index contributed by atoms with van der Waals surface area (Å²) in [5, 5.41) is 12.9. The molecule has 1 aliphatic rings. The molecular formula is C12H17NO4S. The zero-order valence-corrected chi connectivity index (χ0v) is 11.3. The topological polar surface area (TPSA) is 75.6 Å². The Balaban J connectivity index is 2.53. The Hall–Kier alpha value is -1.11. The van der Waals surface area contributed by atoms with Crippen molar-refractivity contribution >= 4 is 9.84 Å². The van der Waals surface area contributed by atoms with Gasteiger partial charge in [0.15, 0.2) is 9.84 Å². The summed E-state index contributed by atoms with van der Waals surface area (Å²) in [5.41, 5.74) is 1.07. The second-order valence-corrected chi connectivity index (χ2v) is 6.50. The number of sulfone groups is 1. The quantitative estimate of drug-likeness (QED) is 0.831. The molecule has 0 spiro atoms. The van der Waals surface area contributed by atoms with Crippen LogP contribution >= 0.6 is 0 Å². The number of nitrogens with one attached hydrogen (secondary N) is 1. The van der Waals surface area contributed by atoms with Gasteiger partial charge in [0.2, 0.25) is 0 Å². The molecule has 1 atom stereocenters. The molecule has 0 bridgehead atoms. The minimum atomic E-state index is -3.34.